The highest BCUT2D eigenvalue weighted by atomic mass is 16.7. The first kappa shape index (κ1) is 12.1. The van der Waals surface area contributed by atoms with Crippen molar-refractivity contribution in [2.24, 2.45) is 5.73 Å². The molecule has 0 saturated carbocycles. The smallest absolute Gasteiger partial charge is 0.231 e. The molecule has 1 aromatic carbocycles. The first-order valence-electron chi connectivity index (χ1n) is 6.43. The van der Waals surface area contributed by atoms with Gasteiger partial charge in [0.2, 0.25) is 6.79 Å². The van der Waals surface area contributed by atoms with E-state index in [1.807, 2.05) is 24.3 Å². The lowest BCUT2D eigenvalue weighted by molar-refractivity contribution is 0.174. The van der Waals surface area contributed by atoms with Crippen molar-refractivity contribution in [1.82, 2.24) is 0 Å². The molecule has 0 unspecified atom stereocenters. The van der Waals surface area contributed by atoms with Gasteiger partial charge in [0.25, 0.3) is 0 Å². The summed E-state index contributed by atoms with van der Waals surface area (Å²) in [6.45, 7) is 2.98. The number of nitrogens with two attached hydrogens (primary N) is 1. The fourth-order valence-corrected chi connectivity index (χ4v) is 2.26. The Morgan fingerprint density at radius 3 is 2.63 bits per heavy atom. The molecule has 0 saturated heterocycles. The van der Waals surface area contributed by atoms with E-state index in [2.05, 4.69) is 6.92 Å². The number of ether oxygens (including phenoxy) is 2. The number of aryl methyl sites for hydroxylation is 1. The van der Waals surface area contributed by atoms with Crippen LogP contribution >= 0.6 is 0 Å². The molecule has 0 radical (unpaired) electrons. The van der Waals surface area contributed by atoms with E-state index in [9.17, 15) is 0 Å². The van der Waals surface area contributed by atoms with Crippen molar-refractivity contribution in [2.75, 3.05) is 13.3 Å². The minimum atomic E-state index is 0.305. The zero-order valence-corrected chi connectivity index (χ0v) is 10.9. The second-order valence-electron chi connectivity index (χ2n) is 4.72. The molecular weight excluding hydrogens is 242 g/mol. The van der Waals surface area contributed by atoms with Crippen molar-refractivity contribution in [3.63, 3.8) is 0 Å². The van der Waals surface area contributed by atoms with Crippen LogP contribution in [0.1, 0.15) is 22.6 Å². The number of furan rings is 1. The van der Waals surface area contributed by atoms with Gasteiger partial charge in [0.1, 0.15) is 11.5 Å². The van der Waals surface area contributed by atoms with Gasteiger partial charge in [-0.1, -0.05) is 0 Å². The zero-order valence-electron chi connectivity index (χ0n) is 10.9. The molecule has 2 aromatic rings. The summed E-state index contributed by atoms with van der Waals surface area (Å²) in [6, 6.07) is 8.05. The standard InChI is InChI=1S/C15H17NO3/c1-10-6-14-15(18-9-17-14)8-11(10)7-13-3-2-12(19-13)4-5-16/h2-3,6,8H,4-5,7,9,16H2,1H3. The lowest BCUT2D eigenvalue weighted by Gasteiger charge is -2.06. The maximum atomic E-state index is 5.75. The van der Waals surface area contributed by atoms with Crippen LogP contribution in [0.4, 0.5) is 0 Å². The highest BCUT2D eigenvalue weighted by Crippen LogP contribution is 2.35. The molecule has 1 aromatic heterocycles. The summed E-state index contributed by atoms with van der Waals surface area (Å²) in [5, 5.41) is 0. The van der Waals surface area contributed by atoms with Crippen molar-refractivity contribution in [3.8, 4) is 11.5 Å². The third-order valence-corrected chi connectivity index (χ3v) is 3.30. The molecule has 1 aliphatic rings. The van der Waals surface area contributed by atoms with Crippen LogP contribution in [-0.4, -0.2) is 13.3 Å². The van der Waals surface area contributed by atoms with Crippen LogP contribution in [-0.2, 0) is 12.8 Å². The highest BCUT2D eigenvalue weighted by Gasteiger charge is 2.16. The van der Waals surface area contributed by atoms with Gasteiger partial charge >= 0.3 is 0 Å². The van der Waals surface area contributed by atoms with E-state index >= 15 is 0 Å². The van der Waals surface area contributed by atoms with E-state index in [-0.39, 0.29) is 0 Å². The third-order valence-electron chi connectivity index (χ3n) is 3.30. The molecule has 0 fully saturated rings. The molecule has 4 heteroatoms. The average Bonchev–Trinajstić information content (AvgIpc) is 2.99. The van der Waals surface area contributed by atoms with Crippen LogP contribution in [0.5, 0.6) is 11.5 Å². The summed E-state index contributed by atoms with van der Waals surface area (Å²) in [6.07, 6.45) is 1.53. The molecule has 0 spiro atoms. The second-order valence-corrected chi connectivity index (χ2v) is 4.72. The van der Waals surface area contributed by atoms with Crippen molar-refractivity contribution in [2.45, 2.75) is 19.8 Å². The van der Waals surface area contributed by atoms with Gasteiger partial charge in [-0.25, -0.2) is 0 Å². The maximum absolute atomic E-state index is 5.75. The summed E-state index contributed by atoms with van der Waals surface area (Å²) in [5.41, 5.74) is 7.89. The van der Waals surface area contributed by atoms with Crippen LogP contribution in [0.2, 0.25) is 0 Å². The predicted molar refractivity (Wildman–Crippen MR) is 71.6 cm³/mol. The van der Waals surface area contributed by atoms with Gasteiger partial charge in [-0.05, 0) is 48.9 Å². The van der Waals surface area contributed by atoms with E-state index in [1.54, 1.807) is 0 Å². The molecule has 2 heterocycles. The fourth-order valence-electron chi connectivity index (χ4n) is 2.26. The molecule has 19 heavy (non-hydrogen) atoms. The molecule has 3 rings (SSSR count). The Balaban J connectivity index is 1.82. The molecule has 0 amide bonds. The Morgan fingerprint density at radius 1 is 1.11 bits per heavy atom. The summed E-state index contributed by atoms with van der Waals surface area (Å²) >= 11 is 0. The lowest BCUT2D eigenvalue weighted by Crippen LogP contribution is -2.01. The molecule has 1 aliphatic heterocycles. The predicted octanol–water partition coefficient (Wildman–Crippen LogP) is 2.41. The Hall–Kier alpha value is -1.94. The van der Waals surface area contributed by atoms with E-state index in [4.69, 9.17) is 19.6 Å². The zero-order chi connectivity index (χ0) is 13.2. The van der Waals surface area contributed by atoms with Crippen LogP contribution in [0.3, 0.4) is 0 Å². The van der Waals surface area contributed by atoms with Crippen LogP contribution in [0, 0.1) is 6.92 Å². The first-order chi connectivity index (χ1) is 9.26. The monoisotopic (exact) mass is 259 g/mol. The highest BCUT2D eigenvalue weighted by molar-refractivity contribution is 5.49. The van der Waals surface area contributed by atoms with Gasteiger partial charge in [-0.3, -0.25) is 0 Å². The SMILES string of the molecule is Cc1cc2c(cc1Cc1ccc(CCN)o1)OCO2. The fraction of sp³-hybridized carbons (Fsp3) is 0.333. The van der Waals surface area contributed by atoms with Gasteiger partial charge < -0.3 is 19.6 Å². The van der Waals surface area contributed by atoms with E-state index < -0.39 is 0 Å². The Bertz CT molecular complexity index is 589. The van der Waals surface area contributed by atoms with Gasteiger partial charge in [0.15, 0.2) is 11.5 Å². The number of hydrogen-bond acceptors (Lipinski definition) is 4. The largest absolute Gasteiger partial charge is 0.466 e. The van der Waals surface area contributed by atoms with Crippen LogP contribution in [0.15, 0.2) is 28.7 Å². The summed E-state index contributed by atoms with van der Waals surface area (Å²) in [4.78, 5) is 0. The molecule has 4 nitrogen and oxygen atoms in total. The number of benzene rings is 1. The normalized spacial score (nSPS) is 12.9. The van der Waals surface area contributed by atoms with Gasteiger partial charge in [0, 0.05) is 12.8 Å². The lowest BCUT2D eigenvalue weighted by atomic mass is 10.0. The molecule has 0 atom stereocenters. The third kappa shape index (κ3) is 2.44. The van der Waals surface area contributed by atoms with Crippen LogP contribution < -0.4 is 15.2 Å². The van der Waals surface area contributed by atoms with Crippen molar-refractivity contribution in [1.29, 1.82) is 0 Å². The maximum Gasteiger partial charge on any atom is 0.231 e. The van der Waals surface area contributed by atoms with Crippen LogP contribution in [0.25, 0.3) is 0 Å². The molecule has 0 aliphatic carbocycles. The Labute approximate surface area is 112 Å². The molecular formula is C15H17NO3. The van der Waals surface area contributed by atoms with Gasteiger partial charge in [-0.2, -0.15) is 0 Å². The summed E-state index contributed by atoms with van der Waals surface area (Å²) in [7, 11) is 0. The van der Waals surface area contributed by atoms with E-state index in [0.29, 0.717) is 13.3 Å². The van der Waals surface area contributed by atoms with Crippen molar-refractivity contribution < 1.29 is 13.9 Å². The number of hydrogen-bond donors (Lipinski definition) is 1. The number of fused-ring (bicyclic) bond motifs is 1. The Morgan fingerprint density at radius 2 is 1.84 bits per heavy atom. The molecule has 2 N–H and O–H groups in total. The molecule has 0 bridgehead atoms. The minimum absolute atomic E-state index is 0.305. The number of rotatable bonds is 4. The van der Waals surface area contributed by atoms with Crippen molar-refractivity contribution >= 4 is 0 Å². The van der Waals surface area contributed by atoms with Gasteiger partial charge in [-0.15, -0.1) is 0 Å². The quantitative estimate of drug-likeness (QED) is 0.916. The average molecular weight is 259 g/mol. The second kappa shape index (κ2) is 4.97. The van der Waals surface area contributed by atoms with E-state index in [1.165, 1.54) is 11.1 Å². The Kier molecular flexibility index (Phi) is 3.17. The van der Waals surface area contributed by atoms with Gasteiger partial charge in [0.05, 0.1) is 0 Å². The first-order valence-corrected chi connectivity index (χ1v) is 6.43. The minimum Gasteiger partial charge on any atom is -0.466 e. The van der Waals surface area contributed by atoms with Crippen molar-refractivity contribution in [3.05, 3.63) is 46.9 Å². The van der Waals surface area contributed by atoms with E-state index in [0.717, 1.165) is 35.9 Å². The molecule has 100 valence electrons. The summed E-state index contributed by atoms with van der Waals surface area (Å²) < 4.78 is 16.5. The summed E-state index contributed by atoms with van der Waals surface area (Å²) in [5.74, 6) is 3.53. The topological polar surface area (TPSA) is 57.6 Å².